The van der Waals surface area contributed by atoms with Crippen molar-refractivity contribution in [2.24, 2.45) is 0 Å². The molecule has 0 aliphatic rings. The molecule has 18 heavy (non-hydrogen) atoms. The Balaban J connectivity index is 1.94. The zero-order valence-corrected chi connectivity index (χ0v) is 9.74. The van der Waals surface area contributed by atoms with Gasteiger partial charge in [0.25, 0.3) is 0 Å². The minimum Gasteiger partial charge on any atom is -0.469 e. The number of furan rings is 1. The van der Waals surface area contributed by atoms with E-state index in [-0.39, 0.29) is 11.7 Å². The van der Waals surface area contributed by atoms with E-state index in [0.717, 1.165) is 5.76 Å². The van der Waals surface area contributed by atoms with Crippen LogP contribution in [-0.2, 0) is 6.42 Å². The van der Waals surface area contributed by atoms with Gasteiger partial charge in [-0.3, -0.25) is 10.1 Å². The summed E-state index contributed by atoms with van der Waals surface area (Å²) in [6.45, 7) is 1.95. The minimum atomic E-state index is -0.532. The van der Waals surface area contributed by atoms with Crippen molar-refractivity contribution in [3.8, 4) is 0 Å². The molecule has 0 radical (unpaired) electrons. The number of rotatable bonds is 5. The molecule has 94 valence electrons. The third-order valence-electron chi connectivity index (χ3n) is 2.31. The van der Waals surface area contributed by atoms with E-state index in [1.165, 1.54) is 12.4 Å². The van der Waals surface area contributed by atoms with Gasteiger partial charge in [-0.25, -0.2) is 9.97 Å². The van der Waals surface area contributed by atoms with Crippen molar-refractivity contribution in [3.05, 3.63) is 46.7 Å². The van der Waals surface area contributed by atoms with E-state index in [0.29, 0.717) is 12.4 Å². The number of anilines is 1. The van der Waals surface area contributed by atoms with E-state index < -0.39 is 4.92 Å². The number of hydrogen-bond acceptors (Lipinski definition) is 6. The Labute approximate surface area is 103 Å². The van der Waals surface area contributed by atoms with Crippen molar-refractivity contribution < 1.29 is 9.34 Å². The second-order valence-corrected chi connectivity index (χ2v) is 3.85. The van der Waals surface area contributed by atoms with E-state index >= 15 is 0 Å². The standard InChI is InChI=1S/C11H12N4O3/c1-8(5-10-3-2-4-18-10)14-11-12-6-9(7-13-11)15(16)17/h2-4,6-8H,5H2,1H3,(H,12,13,14). The lowest BCUT2D eigenvalue weighted by molar-refractivity contribution is -0.385. The Morgan fingerprint density at radius 3 is 2.78 bits per heavy atom. The molecule has 0 fully saturated rings. The smallest absolute Gasteiger partial charge is 0.305 e. The molecule has 1 unspecified atom stereocenters. The molecule has 1 atom stereocenters. The highest BCUT2D eigenvalue weighted by molar-refractivity contribution is 5.31. The fourth-order valence-electron chi connectivity index (χ4n) is 1.49. The van der Waals surface area contributed by atoms with Crippen LogP contribution in [-0.4, -0.2) is 20.9 Å². The van der Waals surface area contributed by atoms with Gasteiger partial charge < -0.3 is 9.73 Å². The molecule has 0 aliphatic carbocycles. The first kappa shape index (κ1) is 12.0. The molecule has 0 saturated heterocycles. The molecule has 2 heterocycles. The van der Waals surface area contributed by atoms with Crippen molar-refractivity contribution in [2.75, 3.05) is 5.32 Å². The van der Waals surface area contributed by atoms with Crippen molar-refractivity contribution >= 4 is 11.6 Å². The highest BCUT2D eigenvalue weighted by Gasteiger charge is 2.10. The van der Waals surface area contributed by atoms with Crippen LogP contribution in [0.15, 0.2) is 35.2 Å². The van der Waals surface area contributed by atoms with Gasteiger partial charge in [-0.15, -0.1) is 0 Å². The lowest BCUT2D eigenvalue weighted by atomic mass is 10.2. The Kier molecular flexibility index (Phi) is 3.52. The van der Waals surface area contributed by atoms with Crippen LogP contribution in [0.4, 0.5) is 11.6 Å². The quantitative estimate of drug-likeness (QED) is 0.642. The summed E-state index contributed by atoms with van der Waals surface area (Å²) in [5.41, 5.74) is -0.126. The first-order valence-corrected chi connectivity index (χ1v) is 5.40. The van der Waals surface area contributed by atoms with E-state index in [2.05, 4.69) is 15.3 Å². The molecular weight excluding hydrogens is 236 g/mol. The predicted octanol–water partition coefficient (Wildman–Crippen LogP) is 2.02. The molecule has 0 bridgehead atoms. The van der Waals surface area contributed by atoms with Crippen LogP contribution in [0.3, 0.4) is 0 Å². The highest BCUT2D eigenvalue weighted by Crippen LogP contribution is 2.10. The Bertz CT molecular complexity index is 510. The summed E-state index contributed by atoms with van der Waals surface area (Å²) >= 11 is 0. The van der Waals surface area contributed by atoms with Gasteiger partial charge in [0.15, 0.2) is 0 Å². The lowest BCUT2D eigenvalue weighted by Gasteiger charge is -2.11. The first-order valence-electron chi connectivity index (χ1n) is 5.40. The van der Waals surface area contributed by atoms with Gasteiger partial charge in [-0.2, -0.15) is 0 Å². The van der Waals surface area contributed by atoms with Crippen molar-refractivity contribution in [2.45, 2.75) is 19.4 Å². The number of nitrogens with zero attached hydrogens (tertiary/aromatic N) is 3. The Morgan fingerprint density at radius 1 is 1.50 bits per heavy atom. The summed E-state index contributed by atoms with van der Waals surface area (Å²) in [6, 6.07) is 3.77. The Morgan fingerprint density at radius 2 is 2.22 bits per heavy atom. The highest BCUT2D eigenvalue weighted by atomic mass is 16.6. The van der Waals surface area contributed by atoms with Gasteiger partial charge in [-0.1, -0.05) is 0 Å². The number of hydrogen-bond donors (Lipinski definition) is 1. The molecule has 0 aliphatic heterocycles. The predicted molar refractivity (Wildman–Crippen MR) is 64.2 cm³/mol. The molecule has 2 aromatic heterocycles. The van der Waals surface area contributed by atoms with Gasteiger partial charge in [0.1, 0.15) is 18.2 Å². The number of aromatic nitrogens is 2. The van der Waals surface area contributed by atoms with Crippen LogP contribution in [0.1, 0.15) is 12.7 Å². The third kappa shape index (κ3) is 3.03. The molecule has 1 N–H and O–H groups in total. The molecule has 0 amide bonds. The summed E-state index contributed by atoms with van der Waals surface area (Å²) in [7, 11) is 0. The van der Waals surface area contributed by atoms with Crippen molar-refractivity contribution in [1.82, 2.24) is 9.97 Å². The van der Waals surface area contributed by atoms with Gasteiger partial charge in [0, 0.05) is 12.5 Å². The van der Waals surface area contributed by atoms with E-state index in [1.54, 1.807) is 6.26 Å². The van der Waals surface area contributed by atoms with Gasteiger partial charge in [0.2, 0.25) is 5.95 Å². The first-order chi connectivity index (χ1) is 8.65. The van der Waals surface area contributed by atoms with Crippen LogP contribution in [0.2, 0.25) is 0 Å². The SMILES string of the molecule is CC(Cc1ccco1)Nc1ncc([N+](=O)[O-])cn1. The lowest BCUT2D eigenvalue weighted by Crippen LogP contribution is -2.19. The van der Waals surface area contributed by atoms with E-state index in [4.69, 9.17) is 4.42 Å². The molecular formula is C11H12N4O3. The Hall–Kier alpha value is -2.44. The zero-order valence-electron chi connectivity index (χ0n) is 9.74. The maximum absolute atomic E-state index is 10.4. The summed E-state index contributed by atoms with van der Waals surface area (Å²) < 4.78 is 5.22. The van der Waals surface area contributed by atoms with Gasteiger partial charge in [-0.05, 0) is 19.1 Å². The summed E-state index contributed by atoms with van der Waals surface area (Å²) in [5, 5.41) is 13.5. The number of nitrogens with one attached hydrogen (secondary N) is 1. The van der Waals surface area contributed by atoms with Gasteiger partial charge in [0.05, 0.1) is 11.2 Å². The topological polar surface area (TPSA) is 94.1 Å². The van der Waals surface area contributed by atoms with Crippen molar-refractivity contribution in [3.63, 3.8) is 0 Å². The molecule has 7 nitrogen and oxygen atoms in total. The number of nitro groups is 1. The monoisotopic (exact) mass is 248 g/mol. The molecule has 0 spiro atoms. The van der Waals surface area contributed by atoms with Crippen LogP contribution in [0.25, 0.3) is 0 Å². The van der Waals surface area contributed by atoms with Crippen LogP contribution in [0.5, 0.6) is 0 Å². The fraction of sp³-hybridized carbons (Fsp3) is 0.273. The summed E-state index contributed by atoms with van der Waals surface area (Å²) in [5.74, 6) is 1.22. The molecule has 7 heteroatoms. The maximum Gasteiger partial charge on any atom is 0.305 e. The average Bonchev–Trinajstić information content (AvgIpc) is 2.82. The van der Waals surface area contributed by atoms with Gasteiger partial charge >= 0.3 is 5.69 Å². The van der Waals surface area contributed by atoms with Crippen molar-refractivity contribution in [1.29, 1.82) is 0 Å². The average molecular weight is 248 g/mol. The molecule has 0 aromatic carbocycles. The second kappa shape index (κ2) is 5.26. The molecule has 2 aromatic rings. The largest absolute Gasteiger partial charge is 0.469 e. The molecule has 0 saturated carbocycles. The van der Waals surface area contributed by atoms with Crippen LogP contribution >= 0.6 is 0 Å². The summed E-state index contributed by atoms with van der Waals surface area (Å²) in [4.78, 5) is 17.7. The normalized spacial score (nSPS) is 12.1. The summed E-state index contributed by atoms with van der Waals surface area (Å²) in [6.07, 6.45) is 4.65. The molecule has 2 rings (SSSR count). The van der Waals surface area contributed by atoms with E-state index in [9.17, 15) is 10.1 Å². The zero-order chi connectivity index (χ0) is 13.0. The van der Waals surface area contributed by atoms with Crippen LogP contribution in [0, 0.1) is 10.1 Å². The fourth-order valence-corrected chi connectivity index (χ4v) is 1.49. The second-order valence-electron chi connectivity index (χ2n) is 3.85. The van der Waals surface area contributed by atoms with Crippen LogP contribution < -0.4 is 5.32 Å². The van der Waals surface area contributed by atoms with E-state index in [1.807, 2.05) is 19.1 Å². The maximum atomic E-state index is 10.4. The minimum absolute atomic E-state index is 0.0672. The third-order valence-corrected chi connectivity index (χ3v) is 2.31.